The molecule has 9 heteroatoms. The van der Waals surface area contributed by atoms with E-state index in [4.69, 9.17) is 0 Å². The van der Waals surface area contributed by atoms with Crippen LogP contribution in [-0.4, -0.2) is 95.3 Å². The first-order chi connectivity index (χ1) is 11.8. The third-order valence-electron chi connectivity index (χ3n) is 4.22. The van der Waals surface area contributed by atoms with Crippen molar-refractivity contribution in [2.45, 2.75) is 19.9 Å². The van der Waals surface area contributed by atoms with Gasteiger partial charge in [-0.15, -0.1) is 6.58 Å². The van der Waals surface area contributed by atoms with Crippen LogP contribution in [0, 0.1) is 0 Å². The highest BCUT2D eigenvalue weighted by Gasteiger charge is 2.46. The molecule has 0 atom stereocenters. The second-order valence-electron chi connectivity index (χ2n) is 6.41. The topological polar surface area (TPSA) is 93.3 Å². The summed E-state index contributed by atoms with van der Waals surface area (Å²) in [6.45, 7) is 10.3. The van der Waals surface area contributed by atoms with Crippen molar-refractivity contribution < 1.29 is 19.2 Å². The Morgan fingerprint density at radius 2 is 1.72 bits per heavy atom. The van der Waals surface area contributed by atoms with Gasteiger partial charge in [-0.1, -0.05) is 6.08 Å². The van der Waals surface area contributed by atoms with Crippen LogP contribution in [0.1, 0.15) is 13.8 Å². The van der Waals surface area contributed by atoms with Crippen molar-refractivity contribution in [1.29, 1.82) is 0 Å². The van der Waals surface area contributed by atoms with E-state index >= 15 is 0 Å². The lowest BCUT2D eigenvalue weighted by atomic mass is 10.3. The zero-order chi connectivity index (χ0) is 18.6. The summed E-state index contributed by atoms with van der Waals surface area (Å²) in [5.41, 5.74) is 0. The van der Waals surface area contributed by atoms with Crippen LogP contribution in [0.4, 0.5) is 4.79 Å². The maximum Gasteiger partial charge on any atom is 0.335 e. The quantitative estimate of drug-likeness (QED) is 0.362. The molecule has 1 N–H and O–H groups in total. The summed E-state index contributed by atoms with van der Waals surface area (Å²) in [6, 6.07) is -0.906. The number of hydrogen-bond acceptors (Lipinski definition) is 6. The fraction of sp³-hybridized carbons (Fsp3) is 0.625. The molecular weight excluding hydrogens is 326 g/mol. The highest BCUT2D eigenvalue weighted by Crippen LogP contribution is 2.16. The van der Waals surface area contributed by atoms with E-state index in [0.717, 1.165) is 9.80 Å². The Morgan fingerprint density at radius 1 is 1.12 bits per heavy atom. The summed E-state index contributed by atoms with van der Waals surface area (Å²) in [7, 11) is 0. The van der Waals surface area contributed by atoms with Crippen LogP contribution in [0.25, 0.3) is 0 Å². The molecule has 5 amide bonds. The van der Waals surface area contributed by atoms with Crippen LogP contribution in [-0.2, 0) is 14.4 Å². The minimum atomic E-state index is -0.773. The van der Waals surface area contributed by atoms with Crippen molar-refractivity contribution in [3.63, 3.8) is 0 Å². The Bertz CT molecular complexity index is 569. The molecule has 0 aromatic heterocycles. The highest BCUT2D eigenvalue weighted by atomic mass is 16.2. The van der Waals surface area contributed by atoms with E-state index in [1.165, 1.54) is 0 Å². The van der Waals surface area contributed by atoms with E-state index in [-0.39, 0.29) is 18.6 Å². The summed E-state index contributed by atoms with van der Waals surface area (Å²) in [4.78, 5) is 53.8. The first-order valence-corrected chi connectivity index (χ1v) is 8.36. The van der Waals surface area contributed by atoms with Gasteiger partial charge in [-0.25, -0.2) is 9.69 Å². The number of rotatable bonds is 7. The van der Waals surface area contributed by atoms with Gasteiger partial charge in [0.1, 0.15) is 0 Å². The van der Waals surface area contributed by atoms with E-state index in [9.17, 15) is 19.2 Å². The predicted molar refractivity (Wildman–Crippen MR) is 90.3 cm³/mol. The monoisotopic (exact) mass is 351 g/mol. The average Bonchev–Trinajstić information content (AvgIpc) is 2.78. The van der Waals surface area contributed by atoms with Gasteiger partial charge in [0.2, 0.25) is 5.91 Å². The molecule has 9 nitrogen and oxygen atoms in total. The summed E-state index contributed by atoms with van der Waals surface area (Å²) >= 11 is 0. The van der Waals surface area contributed by atoms with Gasteiger partial charge < -0.3 is 5.32 Å². The second kappa shape index (κ2) is 8.21. The Hall–Kier alpha value is -2.26. The molecule has 0 radical (unpaired) electrons. The van der Waals surface area contributed by atoms with Gasteiger partial charge in [-0.3, -0.25) is 29.1 Å². The molecule has 2 aliphatic heterocycles. The molecule has 0 aliphatic carbocycles. The highest BCUT2D eigenvalue weighted by molar-refractivity contribution is 6.44. The van der Waals surface area contributed by atoms with Gasteiger partial charge in [0.05, 0.1) is 13.2 Å². The largest absolute Gasteiger partial charge is 0.352 e. The van der Waals surface area contributed by atoms with Crippen LogP contribution in [0.15, 0.2) is 12.7 Å². The molecule has 0 unspecified atom stereocenters. The number of piperazine rings is 1. The lowest BCUT2D eigenvalue weighted by molar-refractivity contribution is -0.144. The second-order valence-corrected chi connectivity index (χ2v) is 6.41. The van der Waals surface area contributed by atoms with Crippen molar-refractivity contribution >= 4 is 23.8 Å². The smallest absolute Gasteiger partial charge is 0.335 e. The van der Waals surface area contributed by atoms with E-state index in [1.54, 1.807) is 19.9 Å². The molecule has 2 aliphatic rings. The van der Waals surface area contributed by atoms with Crippen LogP contribution >= 0.6 is 0 Å². The molecule has 0 saturated carbocycles. The minimum Gasteiger partial charge on any atom is -0.352 e. The van der Waals surface area contributed by atoms with E-state index in [2.05, 4.69) is 11.9 Å². The number of imide groups is 2. The van der Waals surface area contributed by atoms with Gasteiger partial charge in [0.15, 0.2) is 0 Å². The minimum absolute atomic E-state index is 0.0589. The molecule has 0 bridgehead atoms. The normalized spacial score (nSPS) is 19.9. The van der Waals surface area contributed by atoms with Crippen molar-refractivity contribution in [3.05, 3.63) is 12.7 Å². The molecular formula is C16H25N5O4. The summed E-state index contributed by atoms with van der Waals surface area (Å²) < 4.78 is 0. The number of amides is 5. The maximum atomic E-state index is 12.3. The molecule has 25 heavy (non-hydrogen) atoms. The SMILES string of the molecule is C=CCNC(=O)CN1CCN(CN2C(=O)C(=O)N(C(C)C)C2=O)CC1. The molecule has 2 rings (SSSR count). The van der Waals surface area contributed by atoms with Crippen molar-refractivity contribution in [1.82, 2.24) is 24.9 Å². The van der Waals surface area contributed by atoms with Crippen molar-refractivity contribution in [3.8, 4) is 0 Å². The van der Waals surface area contributed by atoms with Crippen LogP contribution in [0.2, 0.25) is 0 Å². The third-order valence-corrected chi connectivity index (χ3v) is 4.22. The zero-order valence-electron chi connectivity index (χ0n) is 14.7. The van der Waals surface area contributed by atoms with E-state index < -0.39 is 17.8 Å². The molecule has 0 spiro atoms. The average molecular weight is 351 g/mol. The fourth-order valence-corrected chi connectivity index (χ4v) is 2.84. The predicted octanol–water partition coefficient (Wildman–Crippen LogP) is -0.937. The Kier molecular flexibility index (Phi) is 6.27. The summed E-state index contributed by atoms with van der Waals surface area (Å²) in [5.74, 6) is -1.60. The number of nitrogens with zero attached hydrogens (tertiary/aromatic N) is 4. The molecule has 0 aromatic carbocycles. The standard InChI is InChI=1S/C16H25N5O4/c1-4-5-17-13(22)10-18-6-8-19(9-7-18)11-20-14(23)15(24)21(12(2)3)16(20)25/h4,12H,1,5-11H2,2-3H3,(H,17,22). The zero-order valence-corrected chi connectivity index (χ0v) is 14.7. The molecule has 2 heterocycles. The summed E-state index contributed by atoms with van der Waals surface area (Å²) in [6.07, 6.45) is 1.63. The van der Waals surface area contributed by atoms with Crippen molar-refractivity contribution in [2.24, 2.45) is 0 Å². The fourth-order valence-electron chi connectivity index (χ4n) is 2.84. The molecule has 2 fully saturated rings. The first kappa shape index (κ1) is 19.1. The number of hydrogen-bond donors (Lipinski definition) is 1. The Morgan fingerprint density at radius 3 is 2.24 bits per heavy atom. The number of carbonyl (C=O) groups excluding carboxylic acids is 4. The molecule has 138 valence electrons. The van der Waals surface area contributed by atoms with Crippen molar-refractivity contribution in [2.75, 3.05) is 45.9 Å². The number of nitrogens with one attached hydrogen (secondary N) is 1. The maximum absolute atomic E-state index is 12.3. The summed E-state index contributed by atoms with van der Waals surface area (Å²) in [5, 5.41) is 2.73. The number of urea groups is 1. The van der Waals surface area contributed by atoms with Crippen LogP contribution in [0.5, 0.6) is 0 Å². The van der Waals surface area contributed by atoms with Gasteiger partial charge in [-0.05, 0) is 13.8 Å². The van der Waals surface area contributed by atoms with Gasteiger partial charge >= 0.3 is 17.8 Å². The Balaban J connectivity index is 1.83. The first-order valence-electron chi connectivity index (χ1n) is 8.36. The van der Waals surface area contributed by atoms with Gasteiger partial charge in [-0.2, -0.15) is 0 Å². The van der Waals surface area contributed by atoms with Crippen LogP contribution in [0.3, 0.4) is 0 Å². The Labute approximate surface area is 147 Å². The number of carbonyl (C=O) groups is 4. The van der Waals surface area contributed by atoms with Gasteiger partial charge in [0, 0.05) is 38.8 Å². The third kappa shape index (κ3) is 4.43. The lowest BCUT2D eigenvalue weighted by Crippen LogP contribution is -2.53. The van der Waals surface area contributed by atoms with Gasteiger partial charge in [0.25, 0.3) is 0 Å². The van der Waals surface area contributed by atoms with E-state index in [0.29, 0.717) is 39.3 Å². The van der Waals surface area contributed by atoms with Crippen LogP contribution < -0.4 is 5.32 Å². The van der Waals surface area contributed by atoms with E-state index in [1.807, 2.05) is 9.80 Å². The lowest BCUT2D eigenvalue weighted by Gasteiger charge is -2.35. The molecule has 0 aromatic rings. The molecule has 2 saturated heterocycles.